The minimum Gasteiger partial charge on any atom is -0.0622 e. The van der Waals surface area contributed by atoms with Gasteiger partial charge in [-0.3, -0.25) is 0 Å². The zero-order chi connectivity index (χ0) is 49.1. The van der Waals surface area contributed by atoms with Crippen molar-refractivity contribution in [3.8, 4) is 33.4 Å². The molecule has 0 heterocycles. The predicted octanol–water partition coefficient (Wildman–Crippen LogP) is 11.3. The number of benzene rings is 8. The van der Waals surface area contributed by atoms with Crippen LogP contribution in [0.4, 0.5) is 0 Å². The molecule has 0 heteroatoms. The average molecular weight is 533 g/mol. The quantitative estimate of drug-likeness (QED) is 0.157. The van der Waals surface area contributed by atoms with Crippen molar-refractivity contribution in [1.82, 2.24) is 0 Å². The van der Waals surface area contributed by atoms with Gasteiger partial charge in [0, 0.05) is 0 Å². The first-order valence-electron chi connectivity index (χ1n) is 24.8. The van der Waals surface area contributed by atoms with Crippen LogP contribution in [0.15, 0.2) is 157 Å². The van der Waals surface area contributed by atoms with Crippen LogP contribution >= 0.6 is 0 Å². The standard InChI is InChI=1S/C40H26/c1-3-11-27(12-4-1)30-21-24-37-38(26-30)39(29-14-5-2-6-15-29)35-17-9-10-18-36(35)40(37)32-22-23-34-31(25-32)20-19-28-13-7-8-16-33(28)34/h1-26H/i1D,2D,3D,4D,5D,6D,7D,8D,9D,10D,11D,12D,13D,14D,15D,16D,17D,18D,19D,20D,21D,22D,23D,24D,25D,26D. The van der Waals surface area contributed by atoms with E-state index in [-0.39, 0.29) is 0 Å². The molecule has 8 aromatic carbocycles. The van der Waals surface area contributed by atoms with Crippen molar-refractivity contribution in [3.63, 3.8) is 0 Å². The van der Waals surface area contributed by atoms with Gasteiger partial charge in [-0.15, -0.1) is 0 Å². The van der Waals surface area contributed by atoms with Crippen LogP contribution in [-0.2, 0) is 0 Å². The van der Waals surface area contributed by atoms with Crippen molar-refractivity contribution < 1.29 is 35.6 Å². The highest BCUT2D eigenvalue weighted by molar-refractivity contribution is 6.22. The molecule has 186 valence electrons. The Morgan fingerprint density at radius 3 is 1.52 bits per heavy atom. The largest absolute Gasteiger partial charge is 0.0636 e. The minimum absolute atomic E-state index is 0.505. The lowest BCUT2D eigenvalue weighted by Crippen LogP contribution is -1.92. The summed E-state index contributed by atoms with van der Waals surface area (Å²) >= 11 is 0. The molecular formula is C40H26. The second kappa shape index (κ2) is 9.22. The minimum atomic E-state index is -1.06. The van der Waals surface area contributed by atoms with Crippen LogP contribution in [0, 0.1) is 0 Å². The third-order valence-electron chi connectivity index (χ3n) is 6.31. The number of hydrogen-bond donors (Lipinski definition) is 0. The molecule has 0 bridgehead atoms. The summed E-state index contributed by atoms with van der Waals surface area (Å²) in [7, 11) is 0. The van der Waals surface area contributed by atoms with Crippen LogP contribution in [0.1, 0.15) is 35.6 Å². The molecule has 8 aromatic rings. The van der Waals surface area contributed by atoms with Crippen LogP contribution < -0.4 is 0 Å². The van der Waals surface area contributed by atoms with E-state index in [9.17, 15) is 11.0 Å². The van der Waals surface area contributed by atoms with Gasteiger partial charge in [0.25, 0.3) is 0 Å². The van der Waals surface area contributed by atoms with Crippen molar-refractivity contribution >= 4 is 43.1 Å². The molecule has 0 radical (unpaired) electrons. The average Bonchev–Trinajstić information content (AvgIpc) is 3.28. The van der Waals surface area contributed by atoms with Gasteiger partial charge in [0.2, 0.25) is 0 Å². The Labute approximate surface area is 270 Å². The zero-order valence-corrected chi connectivity index (χ0v) is 20.0. The molecule has 40 heavy (non-hydrogen) atoms. The Bertz CT molecular complexity index is 3590. The monoisotopic (exact) mass is 532 g/mol. The van der Waals surface area contributed by atoms with Crippen molar-refractivity contribution in [1.29, 1.82) is 0 Å². The molecule has 0 atom stereocenters. The lowest BCUT2D eigenvalue weighted by Gasteiger charge is -2.19. The van der Waals surface area contributed by atoms with Crippen molar-refractivity contribution in [2.24, 2.45) is 0 Å². The van der Waals surface area contributed by atoms with Crippen LogP contribution in [-0.4, -0.2) is 0 Å². The Balaban J connectivity index is 1.80. The molecule has 8 rings (SSSR count). The van der Waals surface area contributed by atoms with Gasteiger partial charge < -0.3 is 0 Å². The first-order chi connectivity index (χ1) is 30.7. The lowest BCUT2D eigenvalue weighted by atomic mass is 9.84. The van der Waals surface area contributed by atoms with Gasteiger partial charge in [-0.25, -0.2) is 0 Å². The summed E-state index contributed by atoms with van der Waals surface area (Å²) in [5, 5.41) is -5.28. The van der Waals surface area contributed by atoms with Crippen molar-refractivity contribution in [3.05, 3.63) is 157 Å². The molecule has 0 saturated heterocycles. The molecule has 0 aliphatic heterocycles. The maximum atomic E-state index is 9.81. The molecule has 0 unspecified atom stereocenters. The molecule has 0 spiro atoms. The van der Waals surface area contributed by atoms with Gasteiger partial charge in [0.1, 0.15) is 0 Å². The lowest BCUT2D eigenvalue weighted by molar-refractivity contribution is 1.63. The number of hydrogen-bond acceptors (Lipinski definition) is 0. The number of rotatable bonds is 3. The second-order valence-corrected chi connectivity index (χ2v) is 8.50. The van der Waals surface area contributed by atoms with Crippen LogP contribution in [0.2, 0.25) is 0 Å². The zero-order valence-electron chi connectivity index (χ0n) is 46.0. The van der Waals surface area contributed by atoms with E-state index < -0.39 is 234 Å². The SMILES string of the molecule is [2H]c1c([2H])c([2H])c(-c2c([2H])c([2H])c3c(-c4c([2H])c([2H])c5c(c4[2H])c([2H])c([2H])c4c([2H])c([2H])c([2H])c([2H])c45)c4c([2H])c([2H])c([2H])c([2H])c4c(-c4c([2H])c([2H])c([2H])c([2H])c4[2H])c3c2[2H])c([2H])c1[2H]. The van der Waals surface area contributed by atoms with Crippen molar-refractivity contribution in [2.45, 2.75) is 0 Å². The molecule has 0 N–H and O–H groups in total. The van der Waals surface area contributed by atoms with E-state index in [4.69, 9.17) is 24.7 Å². The van der Waals surface area contributed by atoms with Gasteiger partial charge in [-0.1, -0.05) is 145 Å². The highest BCUT2D eigenvalue weighted by Gasteiger charge is 2.17. The summed E-state index contributed by atoms with van der Waals surface area (Å²) in [6.07, 6.45) is 0. The highest BCUT2D eigenvalue weighted by Crippen LogP contribution is 2.45. The summed E-state index contributed by atoms with van der Waals surface area (Å²) in [5.74, 6) is 0. The maximum absolute atomic E-state index is 9.81. The van der Waals surface area contributed by atoms with Gasteiger partial charge in [0.15, 0.2) is 0 Å². The van der Waals surface area contributed by atoms with E-state index in [0.717, 1.165) is 0 Å². The molecule has 0 amide bonds. The van der Waals surface area contributed by atoms with Crippen LogP contribution in [0.25, 0.3) is 76.5 Å². The summed E-state index contributed by atoms with van der Waals surface area (Å²) in [6, 6.07) is -24.4. The number of fused-ring (bicyclic) bond motifs is 5. The van der Waals surface area contributed by atoms with Gasteiger partial charge >= 0.3 is 0 Å². The molecule has 0 aromatic heterocycles. The van der Waals surface area contributed by atoms with E-state index >= 15 is 0 Å². The molecular weight excluding hydrogens is 480 g/mol. The fourth-order valence-corrected chi connectivity index (χ4v) is 4.62. The summed E-state index contributed by atoms with van der Waals surface area (Å²) < 4.78 is 231. The molecule has 0 saturated carbocycles. The Morgan fingerprint density at radius 2 is 0.775 bits per heavy atom. The molecule has 0 fully saturated rings. The summed E-state index contributed by atoms with van der Waals surface area (Å²) in [5.41, 5.74) is -4.77. The first-order valence-corrected chi connectivity index (χ1v) is 11.8. The second-order valence-electron chi connectivity index (χ2n) is 8.50. The van der Waals surface area contributed by atoms with Crippen LogP contribution in [0.5, 0.6) is 0 Å². The fourth-order valence-electron chi connectivity index (χ4n) is 4.62. The topological polar surface area (TPSA) is 0 Å². The van der Waals surface area contributed by atoms with Gasteiger partial charge in [0.05, 0.1) is 35.6 Å². The Kier molecular flexibility index (Phi) is 1.99. The molecule has 0 aliphatic rings. The molecule has 0 aliphatic carbocycles. The smallest absolute Gasteiger partial charge is 0.0622 e. The van der Waals surface area contributed by atoms with Gasteiger partial charge in [-0.05, 0) is 88.6 Å². The van der Waals surface area contributed by atoms with E-state index in [0.29, 0.717) is 0 Å². The Morgan fingerprint density at radius 1 is 0.275 bits per heavy atom. The Hall–Kier alpha value is -5.20. The van der Waals surface area contributed by atoms with E-state index in [2.05, 4.69) is 0 Å². The van der Waals surface area contributed by atoms with Crippen LogP contribution in [0.3, 0.4) is 0 Å². The van der Waals surface area contributed by atoms with E-state index in [1.807, 2.05) is 0 Å². The third-order valence-corrected chi connectivity index (χ3v) is 6.31. The highest BCUT2D eigenvalue weighted by atomic mass is 14.2. The maximum Gasteiger partial charge on any atom is 0.0636 e. The summed E-state index contributed by atoms with van der Waals surface area (Å²) in [6.45, 7) is 0. The van der Waals surface area contributed by atoms with Crippen molar-refractivity contribution in [2.75, 3.05) is 0 Å². The first kappa shape index (κ1) is 8.65. The molecule has 0 nitrogen and oxygen atoms in total. The fraction of sp³-hybridized carbons (Fsp3) is 0. The van der Waals surface area contributed by atoms with E-state index in [1.165, 1.54) is 0 Å². The summed E-state index contributed by atoms with van der Waals surface area (Å²) in [4.78, 5) is 0. The normalized spacial score (nSPS) is 20.6. The van der Waals surface area contributed by atoms with Gasteiger partial charge in [-0.2, -0.15) is 0 Å². The third kappa shape index (κ3) is 3.61. The predicted molar refractivity (Wildman–Crippen MR) is 173 cm³/mol. The van der Waals surface area contributed by atoms with E-state index in [1.54, 1.807) is 0 Å².